The quantitative estimate of drug-likeness (QED) is 0.859. The molecule has 2 N–H and O–H groups in total. The van der Waals surface area contributed by atoms with E-state index in [0.717, 1.165) is 37.7 Å². The molecule has 2 rings (SSSR count). The Bertz CT molecular complexity index is 437. The molecule has 19 heavy (non-hydrogen) atoms. The van der Waals surface area contributed by atoms with Crippen LogP contribution in [0, 0.1) is 6.92 Å². The number of anilines is 1. The van der Waals surface area contributed by atoms with Crippen molar-refractivity contribution in [3.63, 3.8) is 0 Å². The first-order valence-corrected chi connectivity index (χ1v) is 7.17. The molecule has 4 heteroatoms. The number of hydrogen-bond donors (Lipinski definition) is 1. The van der Waals surface area contributed by atoms with Crippen LogP contribution in [0.25, 0.3) is 0 Å². The van der Waals surface area contributed by atoms with E-state index in [0.29, 0.717) is 6.54 Å². The van der Waals surface area contributed by atoms with E-state index < -0.39 is 0 Å². The minimum absolute atomic E-state index is 0.627. The molecule has 0 saturated carbocycles. The van der Waals surface area contributed by atoms with Crippen molar-refractivity contribution < 1.29 is 0 Å². The topological polar surface area (TPSA) is 32.5 Å². The lowest BCUT2D eigenvalue weighted by atomic mass is 10.1. The summed E-state index contributed by atoms with van der Waals surface area (Å²) in [5.41, 5.74) is 8.01. The fourth-order valence-electron chi connectivity index (χ4n) is 2.41. The Balaban J connectivity index is 1.92. The largest absolute Gasteiger partial charge is 0.369 e. The average Bonchev–Trinajstić information content (AvgIpc) is 2.43. The summed E-state index contributed by atoms with van der Waals surface area (Å²) in [7, 11) is 0. The van der Waals surface area contributed by atoms with Gasteiger partial charge in [0, 0.05) is 50.0 Å². The maximum Gasteiger partial charge on any atom is 0.0426 e. The molecule has 1 aromatic rings. The third kappa shape index (κ3) is 3.96. The van der Waals surface area contributed by atoms with Crippen molar-refractivity contribution in [1.29, 1.82) is 0 Å². The van der Waals surface area contributed by atoms with Crippen LogP contribution >= 0.6 is 11.6 Å². The van der Waals surface area contributed by atoms with Crippen molar-refractivity contribution in [1.82, 2.24) is 4.90 Å². The minimum Gasteiger partial charge on any atom is -0.369 e. The highest BCUT2D eigenvalue weighted by atomic mass is 35.5. The number of nitrogens with zero attached hydrogens (tertiary/aromatic N) is 2. The molecule has 0 radical (unpaired) electrons. The molecule has 0 unspecified atom stereocenters. The minimum atomic E-state index is 0.627. The Morgan fingerprint density at radius 3 is 2.63 bits per heavy atom. The molecule has 1 heterocycles. The second-order valence-corrected chi connectivity index (χ2v) is 5.36. The first-order valence-electron chi connectivity index (χ1n) is 6.79. The normalized spacial score (nSPS) is 17.3. The summed E-state index contributed by atoms with van der Waals surface area (Å²) in [6.07, 6.45) is 4.17. The van der Waals surface area contributed by atoms with Gasteiger partial charge in [-0.25, -0.2) is 0 Å². The number of nitrogens with two attached hydrogens (primary N) is 1. The van der Waals surface area contributed by atoms with Crippen LogP contribution in [0.5, 0.6) is 0 Å². The van der Waals surface area contributed by atoms with E-state index in [4.69, 9.17) is 17.3 Å². The van der Waals surface area contributed by atoms with E-state index in [2.05, 4.69) is 34.9 Å². The molecule has 1 aliphatic heterocycles. The number of benzene rings is 1. The molecule has 0 atom stereocenters. The standard InChI is InChI=1S/C15H22ClN3/c1-13-4-5-14(16)12-15(13)19-10-8-18(9-11-19)7-3-2-6-17/h2-5,12H,6-11,17H2,1H3. The molecule has 0 aromatic heterocycles. The fraction of sp³-hybridized carbons (Fsp3) is 0.467. The second kappa shape index (κ2) is 6.94. The molecule has 0 amide bonds. The van der Waals surface area contributed by atoms with Crippen LogP contribution in [0.1, 0.15) is 5.56 Å². The van der Waals surface area contributed by atoms with Crippen molar-refractivity contribution in [2.75, 3.05) is 44.2 Å². The number of piperazine rings is 1. The highest BCUT2D eigenvalue weighted by Crippen LogP contribution is 2.25. The second-order valence-electron chi connectivity index (χ2n) is 4.93. The lowest BCUT2D eigenvalue weighted by molar-refractivity contribution is 0.284. The van der Waals surface area contributed by atoms with E-state index in [1.54, 1.807) is 0 Å². The Morgan fingerprint density at radius 2 is 1.95 bits per heavy atom. The number of rotatable bonds is 4. The van der Waals surface area contributed by atoms with Gasteiger partial charge in [-0.2, -0.15) is 0 Å². The zero-order valence-electron chi connectivity index (χ0n) is 11.5. The van der Waals surface area contributed by atoms with Crippen LogP contribution in [0.4, 0.5) is 5.69 Å². The van der Waals surface area contributed by atoms with Gasteiger partial charge < -0.3 is 10.6 Å². The summed E-state index contributed by atoms with van der Waals surface area (Å²) in [5, 5.41) is 0.814. The highest BCUT2D eigenvalue weighted by molar-refractivity contribution is 6.30. The summed E-state index contributed by atoms with van der Waals surface area (Å²) in [6.45, 7) is 8.04. The third-order valence-electron chi connectivity index (χ3n) is 3.55. The zero-order valence-corrected chi connectivity index (χ0v) is 12.2. The molecule has 1 aromatic carbocycles. The van der Waals surface area contributed by atoms with Crippen molar-refractivity contribution in [3.8, 4) is 0 Å². The predicted molar refractivity (Wildman–Crippen MR) is 83.0 cm³/mol. The van der Waals surface area contributed by atoms with Crippen LogP contribution < -0.4 is 10.6 Å². The van der Waals surface area contributed by atoms with Gasteiger partial charge in [-0.1, -0.05) is 29.8 Å². The summed E-state index contributed by atoms with van der Waals surface area (Å²) in [4.78, 5) is 4.87. The van der Waals surface area contributed by atoms with E-state index in [9.17, 15) is 0 Å². The summed E-state index contributed by atoms with van der Waals surface area (Å²) in [5.74, 6) is 0. The lowest BCUT2D eigenvalue weighted by Crippen LogP contribution is -2.46. The Morgan fingerprint density at radius 1 is 1.21 bits per heavy atom. The SMILES string of the molecule is Cc1ccc(Cl)cc1N1CCN(CC=CCN)CC1. The Labute approximate surface area is 120 Å². The van der Waals surface area contributed by atoms with E-state index in [1.165, 1.54) is 11.3 Å². The van der Waals surface area contributed by atoms with Crippen LogP contribution in [-0.2, 0) is 0 Å². The molecule has 0 aliphatic carbocycles. The lowest BCUT2D eigenvalue weighted by Gasteiger charge is -2.36. The molecule has 1 fully saturated rings. The van der Waals surface area contributed by atoms with Crippen LogP contribution in [0.15, 0.2) is 30.4 Å². The molecule has 1 aliphatic rings. The van der Waals surface area contributed by atoms with Gasteiger partial charge in [0.2, 0.25) is 0 Å². The Kier molecular flexibility index (Phi) is 5.25. The average molecular weight is 280 g/mol. The van der Waals surface area contributed by atoms with Crippen molar-refractivity contribution in [3.05, 3.63) is 40.9 Å². The molecule has 1 saturated heterocycles. The first-order chi connectivity index (χ1) is 9.20. The maximum absolute atomic E-state index is 6.09. The smallest absolute Gasteiger partial charge is 0.0426 e. The van der Waals surface area contributed by atoms with Gasteiger partial charge in [0.05, 0.1) is 0 Å². The number of halogens is 1. The van der Waals surface area contributed by atoms with Gasteiger partial charge >= 0.3 is 0 Å². The molecule has 104 valence electrons. The van der Waals surface area contributed by atoms with Crippen molar-refractivity contribution >= 4 is 17.3 Å². The molecule has 0 spiro atoms. The molecule has 3 nitrogen and oxygen atoms in total. The fourth-order valence-corrected chi connectivity index (χ4v) is 2.58. The number of aryl methyl sites for hydroxylation is 1. The summed E-state index contributed by atoms with van der Waals surface area (Å²) >= 11 is 6.09. The first kappa shape index (κ1) is 14.4. The highest BCUT2D eigenvalue weighted by Gasteiger charge is 2.17. The van der Waals surface area contributed by atoms with Crippen molar-refractivity contribution in [2.24, 2.45) is 5.73 Å². The molecular weight excluding hydrogens is 258 g/mol. The van der Waals surface area contributed by atoms with Gasteiger partial charge in [0.25, 0.3) is 0 Å². The predicted octanol–water partition coefficient (Wildman–Crippen LogP) is 2.29. The van der Waals surface area contributed by atoms with Gasteiger partial charge in [-0.3, -0.25) is 4.90 Å². The van der Waals surface area contributed by atoms with E-state index in [1.807, 2.05) is 12.1 Å². The third-order valence-corrected chi connectivity index (χ3v) is 3.79. The summed E-state index contributed by atoms with van der Waals surface area (Å²) in [6, 6.07) is 6.11. The molecule has 0 bridgehead atoms. The van der Waals surface area contributed by atoms with Crippen LogP contribution in [0.3, 0.4) is 0 Å². The van der Waals surface area contributed by atoms with Gasteiger partial charge in [0.1, 0.15) is 0 Å². The molecular formula is C15H22ClN3. The maximum atomic E-state index is 6.09. The van der Waals surface area contributed by atoms with E-state index >= 15 is 0 Å². The van der Waals surface area contributed by atoms with Crippen molar-refractivity contribution in [2.45, 2.75) is 6.92 Å². The van der Waals surface area contributed by atoms with Crippen LogP contribution in [-0.4, -0.2) is 44.2 Å². The monoisotopic (exact) mass is 279 g/mol. The summed E-state index contributed by atoms with van der Waals surface area (Å²) < 4.78 is 0. The van der Waals surface area contributed by atoms with Gasteiger partial charge in [-0.05, 0) is 24.6 Å². The van der Waals surface area contributed by atoms with Crippen LogP contribution in [0.2, 0.25) is 5.02 Å². The Hall–Kier alpha value is -1.03. The number of hydrogen-bond acceptors (Lipinski definition) is 3. The van der Waals surface area contributed by atoms with Gasteiger partial charge in [-0.15, -0.1) is 0 Å². The van der Waals surface area contributed by atoms with E-state index in [-0.39, 0.29) is 0 Å². The van der Waals surface area contributed by atoms with Gasteiger partial charge in [0.15, 0.2) is 0 Å². The zero-order chi connectivity index (χ0) is 13.7.